The number of hydrogen-bond donors (Lipinski definition) is 1. The fourth-order valence-electron chi connectivity index (χ4n) is 3.45. The zero-order chi connectivity index (χ0) is 15.8. The maximum atomic E-state index is 6.40. The van der Waals surface area contributed by atoms with E-state index in [4.69, 9.17) is 10.5 Å². The Bertz CT molecular complexity index is 455. The van der Waals surface area contributed by atoms with E-state index in [9.17, 15) is 0 Å². The Morgan fingerprint density at radius 3 is 2.77 bits per heavy atom. The Labute approximate surface area is 135 Å². The van der Waals surface area contributed by atoms with Crippen LogP contribution in [0, 0.1) is 0 Å². The monoisotopic (exact) mass is 302 g/mol. The molecule has 0 spiro atoms. The molecule has 1 saturated carbocycles. The van der Waals surface area contributed by atoms with Crippen LogP contribution in [-0.2, 0) is 6.42 Å². The average Bonchev–Trinajstić information content (AvgIpc) is 3.07. The van der Waals surface area contributed by atoms with Gasteiger partial charge in [-0.1, -0.05) is 37.1 Å². The second kappa shape index (κ2) is 8.96. The lowest BCUT2D eigenvalue weighted by atomic mass is 10.0. The van der Waals surface area contributed by atoms with E-state index in [1.165, 1.54) is 31.2 Å². The van der Waals surface area contributed by atoms with Crippen LogP contribution in [0.1, 0.15) is 37.7 Å². The summed E-state index contributed by atoms with van der Waals surface area (Å²) in [6.45, 7) is 5.81. The van der Waals surface area contributed by atoms with Gasteiger partial charge in [0.15, 0.2) is 0 Å². The first-order valence-electron chi connectivity index (χ1n) is 8.47. The van der Waals surface area contributed by atoms with E-state index in [1.54, 1.807) is 7.11 Å². The van der Waals surface area contributed by atoms with Crippen molar-refractivity contribution < 1.29 is 4.74 Å². The minimum atomic E-state index is 0.200. The van der Waals surface area contributed by atoms with Crippen LogP contribution in [-0.4, -0.2) is 37.2 Å². The van der Waals surface area contributed by atoms with Crippen LogP contribution in [0.15, 0.2) is 36.9 Å². The third kappa shape index (κ3) is 4.85. The molecule has 2 rings (SSSR count). The van der Waals surface area contributed by atoms with Crippen molar-refractivity contribution >= 4 is 0 Å². The molecule has 122 valence electrons. The van der Waals surface area contributed by atoms with Crippen LogP contribution in [0.25, 0.3) is 0 Å². The fourth-order valence-corrected chi connectivity index (χ4v) is 3.45. The van der Waals surface area contributed by atoms with E-state index in [1.807, 2.05) is 18.2 Å². The minimum Gasteiger partial charge on any atom is -0.496 e. The number of aryl methyl sites for hydroxylation is 1. The number of rotatable bonds is 9. The predicted octanol–water partition coefficient (Wildman–Crippen LogP) is 3.39. The number of nitrogens with zero attached hydrogens (tertiary/aromatic N) is 1. The minimum absolute atomic E-state index is 0.200. The predicted molar refractivity (Wildman–Crippen MR) is 93.3 cm³/mol. The van der Waals surface area contributed by atoms with Gasteiger partial charge in [-0.05, 0) is 37.3 Å². The Morgan fingerprint density at radius 2 is 2.09 bits per heavy atom. The lowest BCUT2D eigenvalue weighted by Gasteiger charge is -2.30. The van der Waals surface area contributed by atoms with Crippen molar-refractivity contribution in [2.24, 2.45) is 5.73 Å². The number of ether oxygens (including phenoxy) is 1. The van der Waals surface area contributed by atoms with E-state index in [0.717, 1.165) is 31.7 Å². The topological polar surface area (TPSA) is 38.5 Å². The molecule has 0 radical (unpaired) electrons. The summed E-state index contributed by atoms with van der Waals surface area (Å²) in [4.78, 5) is 2.52. The second-order valence-electron chi connectivity index (χ2n) is 6.29. The lowest BCUT2D eigenvalue weighted by Crippen LogP contribution is -2.42. The van der Waals surface area contributed by atoms with E-state index >= 15 is 0 Å². The molecule has 3 heteroatoms. The quantitative estimate of drug-likeness (QED) is 0.711. The first-order valence-corrected chi connectivity index (χ1v) is 8.47. The molecule has 3 nitrogen and oxygen atoms in total. The summed E-state index contributed by atoms with van der Waals surface area (Å²) in [6, 6.07) is 9.12. The highest BCUT2D eigenvalue weighted by Gasteiger charge is 2.23. The second-order valence-corrected chi connectivity index (χ2v) is 6.29. The summed E-state index contributed by atoms with van der Waals surface area (Å²) < 4.78 is 5.41. The van der Waals surface area contributed by atoms with Crippen molar-refractivity contribution in [3.63, 3.8) is 0 Å². The van der Waals surface area contributed by atoms with Gasteiger partial charge in [0.25, 0.3) is 0 Å². The molecule has 0 bridgehead atoms. The van der Waals surface area contributed by atoms with Gasteiger partial charge >= 0.3 is 0 Å². The normalized spacial score (nSPS) is 16.9. The number of methoxy groups -OCH3 is 1. The van der Waals surface area contributed by atoms with Gasteiger partial charge in [0.2, 0.25) is 0 Å². The molecule has 1 aliphatic carbocycles. The molecule has 1 fully saturated rings. The molecule has 0 aromatic heterocycles. The average molecular weight is 302 g/mol. The lowest BCUT2D eigenvalue weighted by molar-refractivity contribution is 0.204. The highest BCUT2D eigenvalue weighted by molar-refractivity contribution is 5.33. The SMILES string of the molecule is C=CCN(CC(N)CCc1ccccc1OC)C1CCCC1. The van der Waals surface area contributed by atoms with Crippen molar-refractivity contribution in [2.75, 3.05) is 20.2 Å². The summed E-state index contributed by atoms with van der Waals surface area (Å²) in [6.07, 6.45) is 9.30. The largest absolute Gasteiger partial charge is 0.496 e. The molecule has 22 heavy (non-hydrogen) atoms. The van der Waals surface area contributed by atoms with E-state index in [2.05, 4.69) is 23.6 Å². The van der Waals surface area contributed by atoms with Crippen LogP contribution in [0.5, 0.6) is 5.75 Å². The first-order chi connectivity index (χ1) is 10.7. The van der Waals surface area contributed by atoms with Gasteiger partial charge < -0.3 is 10.5 Å². The van der Waals surface area contributed by atoms with Gasteiger partial charge in [-0.25, -0.2) is 0 Å². The summed E-state index contributed by atoms with van der Waals surface area (Å²) in [5.41, 5.74) is 7.64. The Morgan fingerprint density at radius 1 is 1.36 bits per heavy atom. The number of benzene rings is 1. The number of hydrogen-bond acceptors (Lipinski definition) is 3. The molecular weight excluding hydrogens is 272 g/mol. The standard InChI is InChI=1S/C19H30N2O/c1-3-14-21(18-9-5-6-10-18)15-17(20)13-12-16-8-4-7-11-19(16)22-2/h3-4,7-8,11,17-18H,1,5-6,9-10,12-15,20H2,2H3. The summed E-state index contributed by atoms with van der Waals surface area (Å²) in [5.74, 6) is 0.966. The maximum absolute atomic E-state index is 6.40. The van der Waals surface area contributed by atoms with Crippen LogP contribution < -0.4 is 10.5 Å². The maximum Gasteiger partial charge on any atom is 0.122 e. The highest BCUT2D eigenvalue weighted by atomic mass is 16.5. The molecule has 1 aromatic carbocycles. The van der Waals surface area contributed by atoms with Gasteiger partial charge in [0, 0.05) is 25.2 Å². The van der Waals surface area contributed by atoms with E-state index in [-0.39, 0.29) is 6.04 Å². The molecule has 1 unspecified atom stereocenters. The van der Waals surface area contributed by atoms with Crippen LogP contribution in [0.2, 0.25) is 0 Å². The van der Waals surface area contributed by atoms with Crippen molar-refractivity contribution in [3.05, 3.63) is 42.5 Å². The third-order valence-corrected chi connectivity index (χ3v) is 4.65. The van der Waals surface area contributed by atoms with Gasteiger partial charge in [0.1, 0.15) is 5.75 Å². The van der Waals surface area contributed by atoms with Crippen LogP contribution >= 0.6 is 0 Å². The number of para-hydroxylation sites is 1. The van der Waals surface area contributed by atoms with Crippen molar-refractivity contribution in [3.8, 4) is 5.75 Å². The van der Waals surface area contributed by atoms with Crippen molar-refractivity contribution in [1.29, 1.82) is 0 Å². The van der Waals surface area contributed by atoms with Crippen molar-refractivity contribution in [2.45, 2.75) is 50.6 Å². The van der Waals surface area contributed by atoms with Gasteiger partial charge in [-0.2, -0.15) is 0 Å². The van der Waals surface area contributed by atoms with E-state index < -0.39 is 0 Å². The zero-order valence-electron chi connectivity index (χ0n) is 13.8. The molecule has 0 aliphatic heterocycles. The smallest absolute Gasteiger partial charge is 0.122 e. The van der Waals surface area contributed by atoms with E-state index in [0.29, 0.717) is 6.04 Å². The summed E-state index contributed by atoms with van der Waals surface area (Å²) in [7, 11) is 1.73. The Hall–Kier alpha value is -1.32. The zero-order valence-corrected chi connectivity index (χ0v) is 13.8. The summed E-state index contributed by atoms with van der Waals surface area (Å²) in [5, 5.41) is 0. The molecule has 1 aliphatic rings. The third-order valence-electron chi connectivity index (χ3n) is 4.65. The fraction of sp³-hybridized carbons (Fsp3) is 0.579. The van der Waals surface area contributed by atoms with Gasteiger partial charge in [-0.3, -0.25) is 4.90 Å². The molecule has 0 amide bonds. The molecule has 1 aromatic rings. The van der Waals surface area contributed by atoms with Gasteiger partial charge in [-0.15, -0.1) is 6.58 Å². The molecule has 2 N–H and O–H groups in total. The molecule has 0 heterocycles. The molecule has 0 saturated heterocycles. The van der Waals surface area contributed by atoms with Gasteiger partial charge in [0.05, 0.1) is 7.11 Å². The Kier molecular flexibility index (Phi) is 6.94. The Balaban J connectivity index is 1.85. The van der Waals surface area contributed by atoms with Crippen LogP contribution in [0.3, 0.4) is 0 Å². The van der Waals surface area contributed by atoms with Crippen LogP contribution in [0.4, 0.5) is 0 Å². The van der Waals surface area contributed by atoms with Crippen molar-refractivity contribution in [1.82, 2.24) is 4.90 Å². The molecular formula is C19H30N2O. The first kappa shape index (κ1) is 17.0. The molecule has 1 atom stereocenters. The summed E-state index contributed by atoms with van der Waals surface area (Å²) >= 11 is 0. The number of nitrogens with two attached hydrogens (primary N) is 1. The highest BCUT2D eigenvalue weighted by Crippen LogP contribution is 2.24.